The molecule has 7 nitrogen and oxygen atoms in total. The summed E-state index contributed by atoms with van der Waals surface area (Å²) in [5, 5.41) is 7.78. The molecule has 8 heteroatoms. The highest BCUT2D eigenvalue weighted by atomic mass is 35.5. The van der Waals surface area contributed by atoms with E-state index in [9.17, 15) is 4.79 Å². The van der Waals surface area contributed by atoms with Crippen molar-refractivity contribution in [3.63, 3.8) is 0 Å². The first-order valence-corrected chi connectivity index (χ1v) is 9.04. The highest BCUT2D eigenvalue weighted by Gasteiger charge is 2.22. The maximum Gasteiger partial charge on any atom is 0.291 e. The Hall–Kier alpha value is -2.25. The van der Waals surface area contributed by atoms with E-state index in [1.54, 1.807) is 14.2 Å². The lowest BCUT2D eigenvalue weighted by Crippen LogP contribution is -2.49. The minimum Gasteiger partial charge on any atom is -0.495 e. The van der Waals surface area contributed by atoms with Gasteiger partial charge in [-0.15, -0.1) is 0 Å². The van der Waals surface area contributed by atoms with Crippen molar-refractivity contribution in [2.75, 3.05) is 56.6 Å². The van der Waals surface area contributed by atoms with Crippen molar-refractivity contribution in [1.82, 2.24) is 14.7 Å². The summed E-state index contributed by atoms with van der Waals surface area (Å²) in [6.07, 6.45) is 1.53. The zero-order valence-electron chi connectivity index (χ0n) is 15.1. The Morgan fingerprint density at radius 1 is 1.23 bits per heavy atom. The van der Waals surface area contributed by atoms with Gasteiger partial charge in [-0.3, -0.25) is 9.69 Å². The molecule has 1 aliphatic rings. The van der Waals surface area contributed by atoms with E-state index >= 15 is 0 Å². The van der Waals surface area contributed by atoms with E-state index in [1.165, 1.54) is 10.9 Å². The Morgan fingerprint density at radius 3 is 2.69 bits per heavy atom. The molecule has 3 rings (SSSR count). The lowest BCUT2D eigenvalue weighted by Gasteiger charge is -2.36. The summed E-state index contributed by atoms with van der Waals surface area (Å²) >= 11 is 6.20. The number of nitrogens with zero attached hydrogens (tertiary/aromatic N) is 4. The van der Waals surface area contributed by atoms with Crippen molar-refractivity contribution in [2.45, 2.75) is 0 Å². The van der Waals surface area contributed by atoms with Crippen molar-refractivity contribution >= 4 is 23.0 Å². The standard InChI is InChI=1S/C18H24ClN5O2/c1-22-18(25)17(14(19)13-21-22)24-11-9-23(10-12-24)8-7-20-15-5-3-4-6-16(15)26-2/h3-6,13,20H,7-12H2,1-2H3. The third-order valence-corrected chi connectivity index (χ3v) is 4.88. The molecule has 0 spiro atoms. The molecule has 2 heterocycles. The molecule has 0 aliphatic carbocycles. The molecule has 140 valence electrons. The predicted octanol–water partition coefficient (Wildman–Crippen LogP) is 1.68. The SMILES string of the molecule is COc1ccccc1NCCN1CCN(c2c(Cl)cnn(C)c2=O)CC1. The van der Waals surface area contributed by atoms with Crippen molar-refractivity contribution in [2.24, 2.45) is 7.05 Å². The summed E-state index contributed by atoms with van der Waals surface area (Å²) < 4.78 is 6.68. The number of aryl methyl sites for hydroxylation is 1. The second kappa shape index (κ2) is 8.42. The first kappa shape index (κ1) is 18.5. The summed E-state index contributed by atoms with van der Waals surface area (Å²) in [6, 6.07) is 7.90. The molecule has 2 aromatic rings. The number of benzene rings is 1. The number of hydrogen-bond donors (Lipinski definition) is 1. The van der Waals surface area contributed by atoms with Crippen LogP contribution >= 0.6 is 11.6 Å². The number of aromatic nitrogens is 2. The van der Waals surface area contributed by atoms with Gasteiger partial charge in [0.2, 0.25) is 0 Å². The molecular formula is C18H24ClN5O2. The van der Waals surface area contributed by atoms with E-state index in [2.05, 4.69) is 20.2 Å². The van der Waals surface area contributed by atoms with Crippen LogP contribution in [0.15, 0.2) is 35.3 Å². The fourth-order valence-electron chi connectivity index (χ4n) is 3.13. The van der Waals surface area contributed by atoms with Gasteiger partial charge >= 0.3 is 0 Å². The first-order chi connectivity index (χ1) is 12.6. The Balaban J connectivity index is 1.52. The summed E-state index contributed by atoms with van der Waals surface area (Å²) in [5.41, 5.74) is 1.40. The van der Waals surface area contributed by atoms with Crippen molar-refractivity contribution in [1.29, 1.82) is 0 Å². The maximum atomic E-state index is 12.3. The maximum absolute atomic E-state index is 12.3. The van der Waals surface area contributed by atoms with Gasteiger partial charge in [0.25, 0.3) is 5.56 Å². The van der Waals surface area contributed by atoms with Gasteiger partial charge in [0.1, 0.15) is 11.4 Å². The van der Waals surface area contributed by atoms with E-state index in [1.807, 2.05) is 24.3 Å². The third kappa shape index (κ3) is 4.11. The molecule has 1 aromatic heterocycles. The Kier molecular flexibility index (Phi) is 6.00. The zero-order valence-corrected chi connectivity index (χ0v) is 15.9. The number of nitrogens with one attached hydrogen (secondary N) is 1. The lowest BCUT2D eigenvalue weighted by molar-refractivity contribution is 0.267. The minimum absolute atomic E-state index is 0.149. The highest BCUT2D eigenvalue weighted by Crippen LogP contribution is 2.23. The van der Waals surface area contributed by atoms with Crippen LogP contribution in [0.25, 0.3) is 0 Å². The largest absolute Gasteiger partial charge is 0.495 e. The molecule has 1 fully saturated rings. The third-order valence-electron chi connectivity index (χ3n) is 4.61. The van der Waals surface area contributed by atoms with Crippen molar-refractivity contribution < 1.29 is 4.74 Å². The van der Waals surface area contributed by atoms with Crippen LogP contribution in [0.1, 0.15) is 0 Å². The van der Waals surface area contributed by atoms with E-state index in [4.69, 9.17) is 16.3 Å². The van der Waals surface area contributed by atoms with Gasteiger partial charge in [-0.25, -0.2) is 4.68 Å². The number of anilines is 2. The summed E-state index contributed by atoms with van der Waals surface area (Å²) in [5.74, 6) is 0.848. The summed E-state index contributed by atoms with van der Waals surface area (Å²) in [4.78, 5) is 16.7. The first-order valence-electron chi connectivity index (χ1n) is 8.66. The molecular weight excluding hydrogens is 354 g/mol. The predicted molar refractivity (Wildman–Crippen MR) is 105 cm³/mol. The smallest absolute Gasteiger partial charge is 0.291 e. The molecule has 0 saturated carbocycles. The van der Waals surface area contributed by atoms with Gasteiger partial charge in [-0.2, -0.15) is 5.10 Å². The Morgan fingerprint density at radius 2 is 1.96 bits per heavy atom. The monoisotopic (exact) mass is 377 g/mol. The van der Waals surface area contributed by atoms with Crippen LogP contribution in [0.5, 0.6) is 5.75 Å². The minimum atomic E-state index is -0.149. The van der Waals surface area contributed by atoms with E-state index in [0.717, 1.165) is 50.7 Å². The lowest BCUT2D eigenvalue weighted by atomic mass is 10.2. The summed E-state index contributed by atoms with van der Waals surface area (Å²) in [7, 11) is 3.32. The number of piperazine rings is 1. The number of halogens is 1. The van der Waals surface area contributed by atoms with Crippen LogP contribution in [0.3, 0.4) is 0 Å². The number of ether oxygens (including phenoxy) is 1. The molecule has 1 aliphatic heterocycles. The van der Waals surface area contributed by atoms with Gasteiger partial charge < -0.3 is 15.0 Å². The molecule has 0 amide bonds. The van der Waals surface area contributed by atoms with Crippen LogP contribution in [0.4, 0.5) is 11.4 Å². The van der Waals surface area contributed by atoms with Crippen LogP contribution in [-0.4, -0.2) is 61.1 Å². The van der Waals surface area contributed by atoms with E-state index < -0.39 is 0 Å². The van der Waals surface area contributed by atoms with Gasteiger partial charge in [-0.1, -0.05) is 23.7 Å². The van der Waals surface area contributed by atoms with Crippen molar-refractivity contribution in [3.8, 4) is 5.75 Å². The number of rotatable bonds is 6. The second-order valence-electron chi connectivity index (χ2n) is 6.23. The number of para-hydroxylation sites is 2. The molecule has 0 unspecified atom stereocenters. The van der Waals surface area contributed by atoms with Gasteiger partial charge in [0.05, 0.1) is 24.0 Å². The average Bonchev–Trinajstić information content (AvgIpc) is 2.67. The van der Waals surface area contributed by atoms with E-state index in [-0.39, 0.29) is 5.56 Å². The number of methoxy groups -OCH3 is 1. The molecule has 26 heavy (non-hydrogen) atoms. The van der Waals surface area contributed by atoms with Crippen LogP contribution in [0.2, 0.25) is 5.02 Å². The highest BCUT2D eigenvalue weighted by molar-refractivity contribution is 6.33. The van der Waals surface area contributed by atoms with Gasteiger partial charge in [-0.05, 0) is 12.1 Å². The Bertz CT molecular complexity index is 802. The molecule has 1 N–H and O–H groups in total. The molecule has 1 aromatic carbocycles. The second-order valence-corrected chi connectivity index (χ2v) is 6.63. The van der Waals surface area contributed by atoms with Crippen LogP contribution in [-0.2, 0) is 7.05 Å². The van der Waals surface area contributed by atoms with Crippen LogP contribution < -0.4 is 20.5 Å². The van der Waals surface area contributed by atoms with Crippen molar-refractivity contribution in [3.05, 3.63) is 45.8 Å². The fourth-order valence-corrected chi connectivity index (χ4v) is 3.37. The molecule has 0 radical (unpaired) electrons. The Labute approximate surface area is 158 Å². The van der Waals surface area contributed by atoms with Crippen LogP contribution in [0, 0.1) is 0 Å². The zero-order chi connectivity index (χ0) is 18.5. The topological polar surface area (TPSA) is 62.6 Å². The van der Waals surface area contributed by atoms with Gasteiger partial charge in [0.15, 0.2) is 0 Å². The number of hydrogen-bond acceptors (Lipinski definition) is 6. The normalized spacial score (nSPS) is 15.1. The molecule has 0 bridgehead atoms. The molecule has 1 saturated heterocycles. The quantitative estimate of drug-likeness (QED) is 0.826. The molecule has 0 atom stereocenters. The van der Waals surface area contributed by atoms with Gasteiger partial charge in [0, 0.05) is 46.3 Å². The fraction of sp³-hybridized carbons (Fsp3) is 0.444. The van der Waals surface area contributed by atoms with E-state index in [0.29, 0.717) is 10.7 Å². The average molecular weight is 378 g/mol. The summed E-state index contributed by atoms with van der Waals surface area (Å²) in [6.45, 7) is 5.07.